The van der Waals surface area contributed by atoms with E-state index in [9.17, 15) is 26.4 Å². The maximum absolute atomic E-state index is 13.2. The third-order valence-electron chi connectivity index (χ3n) is 5.06. The quantitative estimate of drug-likeness (QED) is 0.346. The molecule has 0 atom stereocenters. The summed E-state index contributed by atoms with van der Waals surface area (Å²) in [4.78, 5) is 16.9. The number of alkyl halides is 3. The van der Waals surface area contributed by atoms with Crippen LogP contribution in [0.15, 0.2) is 64.5 Å². The highest BCUT2D eigenvalue weighted by Crippen LogP contribution is 2.32. The second kappa shape index (κ2) is 8.68. The highest BCUT2D eigenvalue weighted by atomic mass is 35.5. The second-order valence-corrected chi connectivity index (χ2v) is 10.4. The zero-order valence-corrected chi connectivity index (χ0v) is 19.6. The van der Waals surface area contributed by atoms with Crippen molar-refractivity contribution in [1.29, 1.82) is 0 Å². The zero-order valence-electron chi connectivity index (χ0n) is 17.3. The van der Waals surface area contributed by atoms with E-state index in [1.165, 1.54) is 31.5 Å². The van der Waals surface area contributed by atoms with Crippen molar-refractivity contribution in [1.82, 2.24) is 14.8 Å². The molecule has 0 aliphatic rings. The molecule has 2 heterocycles. The van der Waals surface area contributed by atoms with Crippen LogP contribution in [0.2, 0.25) is 10.0 Å². The minimum absolute atomic E-state index is 0.166. The van der Waals surface area contributed by atoms with Crippen LogP contribution in [-0.2, 0) is 16.0 Å². The van der Waals surface area contributed by atoms with E-state index in [-0.39, 0.29) is 27.2 Å². The number of hydrogen-bond donors (Lipinski definition) is 0. The molecule has 0 fully saturated rings. The second-order valence-electron chi connectivity index (χ2n) is 7.27. The molecule has 4 rings (SSSR count). The Balaban J connectivity index is 1.98. The summed E-state index contributed by atoms with van der Waals surface area (Å²) in [5, 5.41) is 4.48. The molecule has 0 bridgehead atoms. The van der Waals surface area contributed by atoms with Crippen molar-refractivity contribution in [3.8, 4) is 16.9 Å². The summed E-state index contributed by atoms with van der Waals surface area (Å²) in [6.45, 7) is 1.41. The monoisotopic (exact) mass is 527 g/mol. The van der Waals surface area contributed by atoms with Gasteiger partial charge in [-0.3, -0.25) is 4.79 Å². The summed E-state index contributed by atoms with van der Waals surface area (Å²) in [5.41, 5.74) is -1.12. The Morgan fingerprint density at radius 1 is 0.971 bits per heavy atom. The fourth-order valence-electron chi connectivity index (χ4n) is 3.33. The van der Waals surface area contributed by atoms with Crippen LogP contribution < -0.4 is 5.56 Å². The fourth-order valence-corrected chi connectivity index (χ4v) is 4.89. The summed E-state index contributed by atoms with van der Waals surface area (Å²) in [6.07, 6.45) is -2.19. The van der Waals surface area contributed by atoms with Crippen LogP contribution in [0.4, 0.5) is 13.2 Å². The summed E-state index contributed by atoms with van der Waals surface area (Å²) in [6, 6.07) is 8.59. The molecule has 34 heavy (non-hydrogen) atoms. The Bertz CT molecular complexity index is 1580. The van der Waals surface area contributed by atoms with E-state index < -0.39 is 27.1 Å². The van der Waals surface area contributed by atoms with Crippen molar-refractivity contribution in [3.05, 3.63) is 80.8 Å². The molecule has 0 aliphatic carbocycles. The third kappa shape index (κ3) is 4.53. The van der Waals surface area contributed by atoms with Crippen molar-refractivity contribution in [3.63, 3.8) is 0 Å². The van der Waals surface area contributed by atoms with Gasteiger partial charge in [-0.05, 0) is 42.0 Å². The first-order valence-electron chi connectivity index (χ1n) is 9.69. The summed E-state index contributed by atoms with van der Waals surface area (Å²) in [5.74, 6) is -0.648. The third-order valence-corrected chi connectivity index (χ3v) is 7.23. The first kappa shape index (κ1) is 24.2. The summed E-state index contributed by atoms with van der Waals surface area (Å²) in [7, 11) is -3.94. The molecule has 0 saturated carbocycles. The van der Waals surface area contributed by atoms with E-state index in [0.29, 0.717) is 31.9 Å². The number of rotatable bonds is 4. The van der Waals surface area contributed by atoms with E-state index in [1.807, 2.05) is 0 Å². The average molecular weight is 528 g/mol. The summed E-state index contributed by atoms with van der Waals surface area (Å²) < 4.78 is 66.0. The molecule has 0 N–H and O–H groups in total. The van der Waals surface area contributed by atoms with Gasteiger partial charge in [-0.2, -0.15) is 23.0 Å². The van der Waals surface area contributed by atoms with Gasteiger partial charge in [-0.15, -0.1) is 0 Å². The Labute approximate surface area is 201 Å². The van der Waals surface area contributed by atoms with Gasteiger partial charge in [0.05, 0.1) is 22.9 Å². The van der Waals surface area contributed by atoms with Gasteiger partial charge in [0.2, 0.25) is 0 Å². The molecule has 0 unspecified atom stereocenters. The van der Waals surface area contributed by atoms with Crippen molar-refractivity contribution in [2.45, 2.75) is 18.0 Å². The van der Waals surface area contributed by atoms with E-state index in [4.69, 9.17) is 23.2 Å². The van der Waals surface area contributed by atoms with Crippen molar-refractivity contribution < 1.29 is 21.6 Å². The van der Waals surface area contributed by atoms with Crippen LogP contribution >= 0.6 is 23.2 Å². The Morgan fingerprint density at radius 2 is 1.65 bits per heavy atom. The number of halogens is 5. The Morgan fingerprint density at radius 3 is 2.26 bits per heavy atom. The average Bonchev–Trinajstić information content (AvgIpc) is 2.77. The van der Waals surface area contributed by atoms with E-state index in [1.54, 1.807) is 12.1 Å². The lowest BCUT2D eigenvalue weighted by molar-refractivity contribution is -0.137. The van der Waals surface area contributed by atoms with E-state index >= 15 is 0 Å². The van der Waals surface area contributed by atoms with Gasteiger partial charge in [0.25, 0.3) is 5.56 Å². The van der Waals surface area contributed by atoms with Gasteiger partial charge in [0.1, 0.15) is 4.90 Å². The largest absolute Gasteiger partial charge is 0.416 e. The molecule has 0 amide bonds. The van der Waals surface area contributed by atoms with Crippen LogP contribution in [-0.4, -0.2) is 28.9 Å². The van der Waals surface area contributed by atoms with Crippen LogP contribution in [0.1, 0.15) is 12.5 Å². The highest BCUT2D eigenvalue weighted by Gasteiger charge is 2.31. The van der Waals surface area contributed by atoms with Crippen molar-refractivity contribution >= 4 is 43.8 Å². The molecule has 4 aromatic rings. The van der Waals surface area contributed by atoms with Gasteiger partial charge < -0.3 is 0 Å². The van der Waals surface area contributed by atoms with E-state index in [2.05, 4.69) is 10.1 Å². The molecule has 0 saturated heterocycles. The minimum Gasteiger partial charge on any atom is -0.267 e. The van der Waals surface area contributed by atoms with Crippen molar-refractivity contribution in [2.75, 3.05) is 5.75 Å². The van der Waals surface area contributed by atoms with Crippen LogP contribution in [0.5, 0.6) is 0 Å². The SMILES string of the molecule is CCS(=O)(=O)c1cc(-c2cc(Cl)cc(Cl)c2)cnc1-n1ncc2ccc(C(F)(F)F)cc2c1=O. The van der Waals surface area contributed by atoms with Crippen molar-refractivity contribution in [2.24, 2.45) is 0 Å². The molecule has 0 radical (unpaired) electrons. The molecule has 0 aliphatic heterocycles. The number of benzene rings is 2. The first-order valence-corrected chi connectivity index (χ1v) is 12.1. The summed E-state index contributed by atoms with van der Waals surface area (Å²) >= 11 is 12.1. The molecule has 0 spiro atoms. The van der Waals surface area contributed by atoms with Gasteiger partial charge in [0.15, 0.2) is 15.7 Å². The minimum atomic E-state index is -4.66. The van der Waals surface area contributed by atoms with Gasteiger partial charge in [-0.25, -0.2) is 13.4 Å². The molecule has 6 nitrogen and oxygen atoms in total. The molecular weight excluding hydrogens is 514 g/mol. The lowest BCUT2D eigenvalue weighted by atomic mass is 10.1. The standard InChI is InChI=1S/C22H14Cl2F3N3O3S/c1-2-34(32,33)19-7-14(13-5-16(23)9-17(24)6-13)10-28-20(19)30-21(31)18-8-15(22(25,26)27)4-3-12(18)11-29-30/h3-11H,2H2,1H3. The molecule has 2 aromatic heterocycles. The number of sulfone groups is 1. The maximum atomic E-state index is 13.2. The van der Waals surface area contributed by atoms with Gasteiger partial charge in [0, 0.05) is 27.2 Å². The van der Waals surface area contributed by atoms with Gasteiger partial charge in [-0.1, -0.05) is 36.2 Å². The van der Waals surface area contributed by atoms with E-state index in [0.717, 1.165) is 12.1 Å². The number of hydrogen-bond acceptors (Lipinski definition) is 5. The predicted octanol–water partition coefficient (Wildman–Crippen LogP) is 5.57. The molecule has 176 valence electrons. The Kier molecular flexibility index (Phi) is 6.17. The van der Waals surface area contributed by atoms with Crippen LogP contribution in [0, 0.1) is 0 Å². The molecule has 12 heteroatoms. The van der Waals surface area contributed by atoms with Crippen LogP contribution in [0.3, 0.4) is 0 Å². The fraction of sp³-hybridized carbons (Fsp3) is 0.136. The predicted molar refractivity (Wildman–Crippen MR) is 123 cm³/mol. The number of fused-ring (bicyclic) bond motifs is 1. The Hall–Kier alpha value is -2.95. The number of aromatic nitrogens is 3. The highest BCUT2D eigenvalue weighted by molar-refractivity contribution is 7.91. The normalized spacial score (nSPS) is 12.3. The van der Waals surface area contributed by atoms with Crippen LogP contribution in [0.25, 0.3) is 27.7 Å². The number of nitrogens with zero attached hydrogens (tertiary/aromatic N) is 3. The number of pyridine rings is 1. The lowest BCUT2D eigenvalue weighted by Crippen LogP contribution is -2.25. The maximum Gasteiger partial charge on any atom is 0.416 e. The topological polar surface area (TPSA) is 81.9 Å². The first-order chi connectivity index (χ1) is 15.9. The van der Waals surface area contributed by atoms with Gasteiger partial charge >= 0.3 is 6.18 Å². The molecule has 2 aromatic carbocycles. The molecular formula is C22H14Cl2F3N3O3S. The smallest absolute Gasteiger partial charge is 0.267 e. The zero-order chi connectivity index (χ0) is 24.8. The lowest BCUT2D eigenvalue weighted by Gasteiger charge is -2.13.